The summed E-state index contributed by atoms with van der Waals surface area (Å²) in [5.74, 6) is 0. The maximum atomic E-state index is 3.71. The maximum Gasteiger partial charge on any atom is 1.00 e. The third-order valence-corrected chi connectivity index (χ3v) is 3.66. The summed E-state index contributed by atoms with van der Waals surface area (Å²) in [6.45, 7) is 9.07. The average Bonchev–Trinajstić information content (AvgIpc) is 2.47. The van der Waals surface area contributed by atoms with E-state index >= 15 is 0 Å². The van der Waals surface area contributed by atoms with Crippen molar-refractivity contribution in [2.75, 3.05) is 0 Å². The van der Waals surface area contributed by atoms with Crippen molar-refractivity contribution in [1.82, 2.24) is 0 Å². The molecule has 0 heterocycles. The minimum atomic E-state index is 0. The van der Waals surface area contributed by atoms with Gasteiger partial charge in [0.05, 0.1) is 0 Å². The number of hydrogen-bond acceptors (Lipinski definition) is 0. The van der Waals surface area contributed by atoms with Crippen LogP contribution in [0.5, 0.6) is 0 Å². The Labute approximate surface area is 161 Å². The molecule has 0 bridgehead atoms. The van der Waals surface area contributed by atoms with Gasteiger partial charge in [0.1, 0.15) is 0 Å². The molecule has 138 valence electrons. The third kappa shape index (κ3) is 15.4. The van der Waals surface area contributed by atoms with Crippen molar-refractivity contribution in [1.29, 1.82) is 0 Å². The van der Waals surface area contributed by atoms with Crippen molar-refractivity contribution in [2.24, 2.45) is 0 Å². The Morgan fingerprint density at radius 2 is 0.864 bits per heavy atom. The first-order valence-corrected chi connectivity index (χ1v) is 8.99. The monoisotopic (exact) mass is 402 g/mol. The van der Waals surface area contributed by atoms with Crippen molar-refractivity contribution < 1.29 is 34.1 Å². The van der Waals surface area contributed by atoms with E-state index < -0.39 is 0 Å². The zero-order chi connectivity index (χ0) is 15.1. The van der Waals surface area contributed by atoms with Crippen molar-refractivity contribution in [3.8, 4) is 0 Å². The third-order valence-electron chi connectivity index (χ3n) is 3.66. The normalized spacial score (nSPS) is 11.8. The molecule has 0 aromatic rings. The fraction of sp³-hybridized carbons (Fsp3) is 0.800. The minimum Gasteiger partial charge on any atom is -0.373 e. The second kappa shape index (κ2) is 21.5. The Kier molecular flexibility index (Phi) is 26.8. The van der Waals surface area contributed by atoms with Gasteiger partial charge in [-0.3, -0.25) is 0 Å². The van der Waals surface area contributed by atoms with Gasteiger partial charge in [0.15, 0.2) is 0 Å². The van der Waals surface area contributed by atoms with E-state index in [1.807, 2.05) is 0 Å². The van der Waals surface area contributed by atoms with Crippen LogP contribution >= 0.6 is 0 Å². The first kappa shape index (κ1) is 27.4. The van der Waals surface area contributed by atoms with Gasteiger partial charge in [0.25, 0.3) is 0 Å². The molecule has 0 unspecified atom stereocenters. The van der Waals surface area contributed by atoms with E-state index in [1.54, 1.807) is 0 Å². The van der Waals surface area contributed by atoms with E-state index in [4.69, 9.17) is 0 Å². The van der Waals surface area contributed by atoms with Crippen LogP contribution in [-0.2, 0) is 34.1 Å². The molecule has 0 saturated carbocycles. The molecule has 22 heavy (non-hydrogen) atoms. The Balaban J connectivity index is -0.00000180. The molecule has 0 aromatic heterocycles. The second-order valence-electron chi connectivity index (χ2n) is 5.72. The van der Waals surface area contributed by atoms with Crippen molar-refractivity contribution in [3.05, 3.63) is 23.3 Å². The largest absolute Gasteiger partial charge is 1.00 e. The molecule has 0 aliphatic carbocycles. The minimum absolute atomic E-state index is 0. The average molecular weight is 404 g/mol. The number of rotatable bonds is 13. The molecule has 0 aliphatic rings. The quantitative estimate of drug-likeness (QED) is 0.132. The zero-order valence-corrected chi connectivity index (χ0v) is 17.0. The van der Waals surface area contributed by atoms with Gasteiger partial charge in [0, 0.05) is 0 Å². The Morgan fingerprint density at radius 1 is 0.545 bits per heavy atom. The molecule has 0 saturated heterocycles. The smallest absolute Gasteiger partial charge is 0.373 e. The summed E-state index contributed by atoms with van der Waals surface area (Å²) in [5, 5.41) is 0. The molecular weight excluding hydrogens is 367 g/mol. The Bertz CT molecular complexity index is 239. The van der Waals surface area contributed by atoms with Gasteiger partial charge in [-0.15, -0.1) is 25.7 Å². The van der Waals surface area contributed by atoms with Crippen molar-refractivity contribution in [2.45, 2.75) is 105 Å². The molecule has 0 N–H and O–H groups in total. The van der Waals surface area contributed by atoms with Crippen LogP contribution in [0.2, 0.25) is 0 Å². The van der Waals surface area contributed by atoms with Crippen LogP contribution in [0.25, 0.3) is 0 Å². The maximum absolute atomic E-state index is 3.71. The van der Waals surface area contributed by atoms with Gasteiger partial charge in [-0.25, -0.2) is 0 Å². The van der Waals surface area contributed by atoms with Crippen LogP contribution in [0.3, 0.4) is 0 Å². The first-order chi connectivity index (χ1) is 9.79. The van der Waals surface area contributed by atoms with E-state index in [2.05, 4.69) is 39.8 Å². The molecule has 0 amide bonds. The summed E-state index contributed by atoms with van der Waals surface area (Å²) < 4.78 is 0. The molecule has 0 radical (unpaired) electrons. The van der Waals surface area contributed by atoms with Crippen LogP contribution in [0.15, 0.2) is 11.1 Å². The molecular formula is C20H36Cu2. The number of hydrogen-bond donors (Lipinski definition) is 0. The molecule has 0 atom stereocenters. The molecule has 0 aliphatic heterocycles. The molecule has 0 rings (SSSR count). The first-order valence-electron chi connectivity index (χ1n) is 8.99. The predicted octanol–water partition coefficient (Wildman–Crippen LogP) is 7.20. The standard InChI is InChI=1S/C20H36.2Cu/c1-5-9-13-17-19(15-11-7-3)20(16-12-8-4)18-14-10-6-2;;/h5-16H2,1-4H3;;/q-2;2*+1. The zero-order valence-electron chi connectivity index (χ0n) is 15.1. The number of unbranched alkanes of at least 4 members (excludes halogenated alkanes) is 6. The van der Waals surface area contributed by atoms with Crippen LogP contribution in [0.1, 0.15) is 105 Å². The molecule has 0 spiro atoms. The van der Waals surface area contributed by atoms with Crippen molar-refractivity contribution in [3.63, 3.8) is 0 Å². The summed E-state index contributed by atoms with van der Waals surface area (Å²) in [6.07, 6.45) is 22.3. The van der Waals surface area contributed by atoms with E-state index in [0.717, 1.165) is 12.8 Å². The summed E-state index contributed by atoms with van der Waals surface area (Å²) in [4.78, 5) is 0. The topological polar surface area (TPSA) is 0 Å². The fourth-order valence-corrected chi connectivity index (χ4v) is 2.23. The van der Waals surface area contributed by atoms with E-state index in [-0.39, 0.29) is 34.1 Å². The fourth-order valence-electron chi connectivity index (χ4n) is 2.23. The summed E-state index contributed by atoms with van der Waals surface area (Å²) in [6, 6.07) is 0. The van der Waals surface area contributed by atoms with E-state index in [0.29, 0.717) is 0 Å². The Hall–Kier alpha value is 0.519. The van der Waals surface area contributed by atoms with Crippen LogP contribution in [0.4, 0.5) is 0 Å². The predicted molar refractivity (Wildman–Crippen MR) is 91.6 cm³/mol. The summed E-state index contributed by atoms with van der Waals surface area (Å²) >= 11 is 0. The van der Waals surface area contributed by atoms with Crippen molar-refractivity contribution >= 4 is 0 Å². The van der Waals surface area contributed by atoms with Gasteiger partial charge in [-0.1, -0.05) is 79.1 Å². The van der Waals surface area contributed by atoms with Gasteiger partial charge in [0.2, 0.25) is 0 Å². The Morgan fingerprint density at radius 3 is 1.14 bits per heavy atom. The molecule has 0 nitrogen and oxygen atoms in total. The van der Waals surface area contributed by atoms with Gasteiger partial charge in [-0.05, 0) is 0 Å². The molecule has 2 heteroatoms. The summed E-state index contributed by atoms with van der Waals surface area (Å²) in [7, 11) is 0. The van der Waals surface area contributed by atoms with Crippen LogP contribution < -0.4 is 0 Å². The molecule has 0 aromatic carbocycles. The number of allylic oxidation sites excluding steroid dienone is 4. The molecule has 0 fully saturated rings. The van der Waals surface area contributed by atoms with Crippen LogP contribution in [0, 0.1) is 12.2 Å². The van der Waals surface area contributed by atoms with E-state index in [9.17, 15) is 0 Å². The van der Waals surface area contributed by atoms with Gasteiger partial charge >= 0.3 is 34.1 Å². The second-order valence-corrected chi connectivity index (χ2v) is 5.72. The van der Waals surface area contributed by atoms with Gasteiger partial charge in [-0.2, -0.15) is 0 Å². The van der Waals surface area contributed by atoms with E-state index in [1.165, 1.54) is 75.4 Å². The van der Waals surface area contributed by atoms with Gasteiger partial charge < -0.3 is 23.3 Å². The SMILES string of the molecule is CCCC[C-]=C(CCCC)C(=[C-]CCCC)CCCC.[Cu+].[Cu+]. The van der Waals surface area contributed by atoms with Crippen LogP contribution in [-0.4, -0.2) is 0 Å². The summed E-state index contributed by atoms with van der Waals surface area (Å²) in [5.41, 5.74) is 2.98.